The molecule has 0 spiro atoms. The molecule has 0 bridgehead atoms. The molecule has 11 aromatic carbocycles. The van der Waals surface area contributed by atoms with Crippen LogP contribution in [0.3, 0.4) is 0 Å². The molecule has 3 heteroatoms. The fraction of sp³-hybridized carbons (Fsp3) is 0. The molecule has 0 atom stereocenters. The molecule has 67 heavy (non-hydrogen) atoms. The summed E-state index contributed by atoms with van der Waals surface area (Å²) in [6.07, 6.45) is 0. The molecule has 0 fully saturated rings. The van der Waals surface area contributed by atoms with E-state index in [1.54, 1.807) is 0 Å². The number of nitrogens with zero attached hydrogens (tertiary/aromatic N) is 2. The van der Waals surface area contributed by atoms with Crippen molar-refractivity contribution >= 4 is 81.1 Å². The van der Waals surface area contributed by atoms with Gasteiger partial charge in [-0.1, -0.05) is 188 Å². The van der Waals surface area contributed by atoms with E-state index in [-0.39, 0.29) is 0 Å². The predicted octanol–water partition coefficient (Wildman–Crippen LogP) is 18.4. The van der Waals surface area contributed by atoms with Crippen molar-refractivity contribution in [3.63, 3.8) is 0 Å². The number of benzene rings is 11. The molecule has 0 aliphatic rings. The average Bonchev–Trinajstić information content (AvgIpc) is 3.95. The van der Waals surface area contributed by atoms with Crippen LogP contribution in [-0.4, -0.2) is 4.57 Å². The Morgan fingerprint density at radius 3 is 1.51 bits per heavy atom. The summed E-state index contributed by atoms with van der Waals surface area (Å²) in [6, 6.07) is 93.1. The van der Waals surface area contributed by atoms with Crippen molar-refractivity contribution in [1.29, 1.82) is 0 Å². The van der Waals surface area contributed by atoms with Crippen LogP contribution in [0.1, 0.15) is 0 Å². The fourth-order valence-electron chi connectivity index (χ4n) is 10.2. The maximum atomic E-state index is 2.41. The van der Waals surface area contributed by atoms with Gasteiger partial charge < -0.3 is 9.47 Å². The van der Waals surface area contributed by atoms with E-state index in [1.165, 1.54) is 103 Å². The Hall–Kier alpha value is -8.50. The van der Waals surface area contributed by atoms with E-state index in [0.29, 0.717) is 0 Å². The van der Waals surface area contributed by atoms with E-state index in [2.05, 4.69) is 264 Å². The average molecular weight is 871 g/mol. The van der Waals surface area contributed by atoms with Crippen LogP contribution in [0.2, 0.25) is 0 Å². The van der Waals surface area contributed by atoms with Gasteiger partial charge in [-0.3, -0.25) is 0 Å². The van der Waals surface area contributed by atoms with Crippen LogP contribution >= 0.6 is 11.3 Å². The van der Waals surface area contributed by atoms with Crippen molar-refractivity contribution < 1.29 is 0 Å². The summed E-state index contributed by atoms with van der Waals surface area (Å²) in [4.78, 5) is 2.41. The number of aromatic nitrogens is 1. The van der Waals surface area contributed by atoms with Gasteiger partial charge in [0.1, 0.15) is 0 Å². The predicted molar refractivity (Wildman–Crippen MR) is 288 cm³/mol. The number of rotatable bonds is 8. The fourth-order valence-corrected chi connectivity index (χ4v) is 11.3. The normalized spacial score (nSPS) is 11.6. The Kier molecular flexibility index (Phi) is 9.40. The summed E-state index contributed by atoms with van der Waals surface area (Å²) in [7, 11) is 0. The third-order valence-electron chi connectivity index (χ3n) is 13.4. The van der Waals surface area contributed by atoms with Gasteiger partial charge in [0.2, 0.25) is 0 Å². The van der Waals surface area contributed by atoms with Crippen molar-refractivity contribution in [3.05, 3.63) is 255 Å². The van der Waals surface area contributed by atoms with E-state index in [9.17, 15) is 0 Å². The first kappa shape index (κ1) is 38.9. The highest BCUT2D eigenvalue weighted by molar-refractivity contribution is 7.25. The zero-order valence-corrected chi connectivity index (χ0v) is 37.4. The molecule has 0 aliphatic carbocycles. The Morgan fingerprint density at radius 2 is 0.776 bits per heavy atom. The lowest BCUT2D eigenvalue weighted by atomic mass is 9.97. The second-order valence-corrected chi connectivity index (χ2v) is 18.3. The van der Waals surface area contributed by atoms with Gasteiger partial charge in [-0.25, -0.2) is 0 Å². The van der Waals surface area contributed by atoms with Gasteiger partial charge in [-0.15, -0.1) is 11.3 Å². The minimum Gasteiger partial charge on any atom is -0.310 e. The summed E-state index contributed by atoms with van der Waals surface area (Å²) in [6.45, 7) is 0. The number of anilines is 3. The third-order valence-corrected chi connectivity index (χ3v) is 14.6. The molecule has 13 aromatic rings. The molecular weight excluding hydrogens is 829 g/mol. The lowest BCUT2D eigenvalue weighted by Gasteiger charge is -2.28. The number of hydrogen-bond acceptors (Lipinski definition) is 2. The van der Waals surface area contributed by atoms with Crippen LogP contribution in [-0.2, 0) is 0 Å². The van der Waals surface area contributed by atoms with Crippen LogP contribution in [0.5, 0.6) is 0 Å². The van der Waals surface area contributed by atoms with Gasteiger partial charge in [0.05, 0.1) is 22.4 Å². The minimum absolute atomic E-state index is 1.09. The quantitative estimate of drug-likeness (QED) is 0.148. The summed E-state index contributed by atoms with van der Waals surface area (Å²) >= 11 is 1.86. The standard InChI is InChI=1S/C64H42N2S/c1-2-16-51-45(14-1)15-13-22-52(51)46-34-39-50(40-35-46)65(59-23-8-4-18-54(59)48-36-41-64-58(42-48)57-21-7-12-27-63(57)67-64)49-37-32-44(33-38-49)43-28-30-47(31-29-43)53-17-3-9-24-60(53)66-61-25-10-5-19-55(61)56-20-6-11-26-62(56)66/h1-42H. The zero-order valence-electron chi connectivity index (χ0n) is 36.6. The Balaban J connectivity index is 0.885. The molecule has 0 N–H and O–H groups in total. The van der Waals surface area contributed by atoms with Gasteiger partial charge >= 0.3 is 0 Å². The van der Waals surface area contributed by atoms with E-state index >= 15 is 0 Å². The molecule has 0 radical (unpaired) electrons. The molecule has 2 aromatic heterocycles. The molecule has 0 saturated heterocycles. The first-order valence-corrected chi connectivity index (χ1v) is 23.7. The second-order valence-electron chi connectivity index (χ2n) is 17.2. The largest absolute Gasteiger partial charge is 0.310 e. The highest BCUT2D eigenvalue weighted by atomic mass is 32.1. The smallest absolute Gasteiger partial charge is 0.0541 e. The van der Waals surface area contributed by atoms with Gasteiger partial charge in [0, 0.05) is 53.4 Å². The number of hydrogen-bond donors (Lipinski definition) is 0. The molecule has 0 aliphatic heterocycles. The maximum Gasteiger partial charge on any atom is 0.0541 e. The zero-order chi connectivity index (χ0) is 44.3. The Labute approximate surface area is 393 Å². The Morgan fingerprint density at radius 1 is 0.299 bits per heavy atom. The van der Waals surface area contributed by atoms with Crippen LogP contribution in [0.25, 0.3) is 103 Å². The van der Waals surface area contributed by atoms with Crippen molar-refractivity contribution in [2.24, 2.45) is 0 Å². The summed E-state index contributed by atoms with van der Waals surface area (Å²) < 4.78 is 5.03. The third kappa shape index (κ3) is 6.71. The van der Waals surface area contributed by atoms with E-state index < -0.39 is 0 Å². The van der Waals surface area contributed by atoms with E-state index in [4.69, 9.17) is 0 Å². The lowest BCUT2D eigenvalue weighted by Crippen LogP contribution is -2.11. The lowest BCUT2D eigenvalue weighted by molar-refractivity contribution is 1.18. The van der Waals surface area contributed by atoms with Crippen LogP contribution in [0.4, 0.5) is 17.1 Å². The van der Waals surface area contributed by atoms with Gasteiger partial charge in [-0.05, 0) is 111 Å². The number of para-hydroxylation sites is 4. The first-order valence-electron chi connectivity index (χ1n) is 22.9. The highest BCUT2D eigenvalue weighted by Gasteiger charge is 2.20. The van der Waals surface area contributed by atoms with Crippen molar-refractivity contribution in [3.8, 4) is 50.2 Å². The molecule has 2 heterocycles. The van der Waals surface area contributed by atoms with Gasteiger partial charge in [-0.2, -0.15) is 0 Å². The van der Waals surface area contributed by atoms with Gasteiger partial charge in [0.15, 0.2) is 0 Å². The Bertz CT molecular complexity index is 3910. The molecule has 13 rings (SSSR count). The molecule has 2 nitrogen and oxygen atoms in total. The molecule has 0 amide bonds. The van der Waals surface area contributed by atoms with Crippen LogP contribution in [0.15, 0.2) is 255 Å². The molecule has 0 unspecified atom stereocenters. The molecular formula is C64H42N2S. The second kappa shape index (κ2) is 16.2. The SMILES string of the molecule is c1ccc(N(c2ccc(-c3ccc(-c4ccccc4-n4c5ccccc5c5ccccc54)cc3)cc2)c2ccc(-c3cccc4ccccc34)cc2)c(-c2ccc3sc4ccccc4c3c2)c1. The van der Waals surface area contributed by atoms with Gasteiger partial charge in [0.25, 0.3) is 0 Å². The number of thiophene rings is 1. The monoisotopic (exact) mass is 870 g/mol. The van der Waals surface area contributed by atoms with E-state index in [1.807, 2.05) is 11.3 Å². The molecule has 314 valence electrons. The van der Waals surface area contributed by atoms with Crippen molar-refractivity contribution in [1.82, 2.24) is 4.57 Å². The highest BCUT2D eigenvalue weighted by Crippen LogP contribution is 2.45. The topological polar surface area (TPSA) is 8.17 Å². The van der Waals surface area contributed by atoms with Crippen molar-refractivity contribution in [2.45, 2.75) is 0 Å². The van der Waals surface area contributed by atoms with Crippen LogP contribution < -0.4 is 4.90 Å². The van der Waals surface area contributed by atoms with Crippen LogP contribution in [0, 0.1) is 0 Å². The van der Waals surface area contributed by atoms with Crippen molar-refractivity contribution in [2.75, 3.05) is 4.90 Å². The minimum atomic E-state index is 1.09. The van der Waals surface area contributed by atoms with E-state index in [0.717, 1.165) is 17.1 Å². The number of fused-ring (bicyclic) bond motifs is 7. The molecule has 0 saturated carbocycles. The summed E-state index contributed by atoms with van der Waals surface area (Å²) in [5, 5.41) is 7.63. The first-order chi connectivity index (χ1) is 33.2. The summed E-state index contributed by atoms with van der Waals surface area (Å²) in [5.74, 6) is 0. The maximum absolute atomic E-state index is 2.41. The summed E-state index contributed by atoms with van der Waals surface area (Å²) in [5.41, 5.74) is 16.4.